The second kappa shape index (κ2) is 4.62. The van der Waals surface area contributed by atoms with Crippen molar-refractivity contribution >= 4 is 16.0 Å². The third-order valence-corrected chi connectivity index (χ3v) is 3.45. The number of carbonyl (C=O) groups is 1. The smallest absolute Gasteiger partial charge is 0.304 e. The van der Waals surface area contributed by atoms with Crippen molar-refractivity contribution in [3.63, 3.8) is 0 Å². The van der Waals surface area contributed by atoms with E-state index in [-0.39, 0.29) is 17.9 Å². The van der Waals surface area contributed by atoms with Crippen LogP contribution in [0, 0.1) is 6.92 Å². The normalized spacial score (nSPS) is 11.6. The zero-order valence-corrected chi connectivity index (χ0v) is 9.78. The largest absolute Gasteiger partial charge is 0.481 e. The summed E-state index contributed by atoms with van der Waals surface area (Å²) in [4.78, 5) is 10.3. The van der Waals surface area contributed by atoms with Crippen molar-refractivity contribution in [3.05, 3.63) is 11.9 Å². The highest BCUT2D eigenvalue weighted by Gasteiger charge is 2.19. The number of hydrogen-bond donors (Lipinski definition) is 2. The van der Waals surface area contributed by atoms with Crippen LogP contribution in [-0.4, -0.2) is 35.8 Å². The Balaban J connectivity index is 2.78. The summed E-state index contributed by atoms with van der Waals surface area (Å²) >= 11 is 0. The first kappa shape index (κ1) is 12.7. The van der Waals surface area contributed by atoms with Crippen molar-refractivity contribution < 1.29 is 18.3 Å². The summed E-state index contributed by atoms with van der Waals surface area (Å²) in [5, 5.41) is 12.3. The molecular weight excluding hydrogens is 234 g/mol. The molecule has 0 amide bonds. The van der Waals surface area contributed by atoms with Crippen LogP contribution in [0.15, 0.2) is 11.1 Å². The van der Waals surface area contributed by atoms with E-state index in [1.54, 1.807) is 14.0 Å². The zero-order chi connectivity index (χ0) is 12.3. The Kier molecular flexibility index (Phi) is 3.66. The van der Waals surface area contributed by atoms with Gasteiger partial charge in [0.05, 0.1) is 12.1 Å². The Morgan fingerprint density at radius 1 is 1.62 bits per heavy atom. The van der Waals surface area contributed by atoms with Crippen molar-refractivity contribution in [2.75, 3.05) is 6.54 Å². The van der Waals surface area contributed by atoms with Crippen LogP contribution in [0.1, 0.15) is 12.1 Å². The molecule has 0 saturated carbocycles. The fourth-order valence-corrected chi connectivity index (χ4v) is 2.46. The minimum atomic E-state index is -3.66. The van der Waals surface area contributed by atoms with Crippen molar-refractivity contribution in [1.82, 2.24) is 14.5 Å². The zero-order valence-electron chi connectivity index (χ0n) is 8.97. The van der Waals surface area contributed by atoms with Crippen LogP contribution in [0.4, 0.5) is 0 Å². The number of aliphatic carboxylic acids is 1. The molecule has 16 heavy (non-hydrogen) atoms. The molecular formula is C8H13N3O4S. The fraction of sp³-hybridized carbons (Fsp3) is 0.500. The van der Waals surface area contributed by atoms with Gasteiger partial charge in [0.2, 0.25) is 10.0 Å². The maximum atomic E-state index is 11.7. The Morgan fingerprint density at radius 2 is 2.25 bits per heavy atom. The molecule has 1 heterocycles. The lowest BCUT2D eigenvalue weighted by Gasteiger charge is -2.03. The summed E-state index contributed by atoms with van der Waals surface area (Å²) in [6.07, 6.45) is 1.12. The van der Waals surface area contributed by atoms with Gasteiger partial charge >= 0.3 is 5.97 Å². The molecule has 0 radical (unpaired) electrons. The van der Waals surface area contributed by atoms with Crippen LogP contribution in [0.2, 0.25) is 0 Å². The average molecular weight is 247 g/mol. The number of carboxylic acid groups (broad SMARTS) is 1. The third-order valence-electron chi connectivity index (χ3n) is 1.89. The van der Waals surface area contributed by atoms with E-state index in [0.29, 0.717) is 5.69 Å². The quantitative estimate of drug-likeness (QED) is 0.729. The van der Waals surface area contributed by atoms with Crippen molar-refractivity contribution in [2.24, 2.45) is 7.05 Å². The molecule has 7 nitrogen and oxygen atoms in total. The number of hydrogen-bond acceptors (Lipinski definition) is 4. The van der Waals surface area contributed by atoms with Crippen molar-refractivity contribution in [3.8, 4) is 0 Å². The Bertz CT molecular complexity index is 491. The van der Waals surface area contributed by atoms with Gasteiger partial charge in [-0.05, 0) is 6.92 Å². The summed E-state index contributed by atoms with van der Waals surface area (Å²) in [5.74, 6) is -1.05. The predicted molar refractivity (Wildman–Crippen MR) is 55.4 cm³/mol. The molecule has 0 aromatic carbocycles. The summed E-state index contributed by atoms with van der Waals surface area (Å²) in [5.41, 5.74) is 0.380. The second-order valence-corrected chi connectivity index (χ2v) is 5.03. The number of nitrogens with zero attached hydrogens (tertiary/aromatic N) is 2. The SMILES string of the molecule is Cc1nn(C)cc1S(=O)(=O)NCCC(=O)O. The fourth-order valence-electron chi connectivity index (χ4n) is 1.21. The number of carboxylic acids is 1. The van der Waals surface area contributed by atoms with E-state index in [1.807, 2.05) is 0 Å². The van der Waals surface area contributed by atoms with Crippen LogP contribution >= 0.6 is 0 Å². The number of aryl methyl sites for hydroxylation is 2. The van der Waals surface area contributed by atoms with Gasteiger partial charge in [-0.1, -0.05) is 0 Å². The monoisotopic (exact) mass is 247 g/mol. The highest BCUT2D eigenvalue weighted by atomic mass is 32.2. The molecule has 0 unspecified atom stereocenters. The van der Waals surface area contributed by atoms with Gasteiger partial charge in [-0.3, -0.25) is 9.48 Å². The highest BCUT2D eigenvalue weighted by molar-refractivity contribution is 7.89. The molecule has 2 N–H and O–H groups in total. The summed E-state index contributed by atoms with van der Waals surface area (Å²) in [6, 6.07) is 0. The molecule has 8 heteroatoms. The van der Waals surface area contributed by atoms with Crippen LogP contribution in [-0.2, 0) is 21.9 Å². The Hall–Kier alpha value is -1.41. The van der Waals surface area contributed by atoms with E-state index in [9.17, 15) is 13.2 Å². The summed E-state index contributed by atoms with van der Waals surface area (Å²) < 4.78 is 27.0. The maximum absolute atomic E-state index is 11.7. The van der Waals surface area contributed by atoms with E-state index >= 15 is 0 Å². The van der Waals surface area contributed by atoms with Crippen LogP contribution in [0.3, 0.4) is 0 Å². The molecule has 0 bridgehead atoms. The van der Waals surface area contributed by atoms with E-state index in [0.717, 1.165) is 0 Å². The van der Waals surface area contributed by atoms with Gasteiger partial charge in [0.1, 0.15) is 4.90 Å². The van der Waals surface area contributed by atoms with Gasteiger partial charge < -0.3 is 5.11 Å². The first-order chi connectivity index (χ1) is 7.33. The second-order valence-electron chi connectivity index (χ2n) is 3.29. The minimum Gasteiger partial charge on any atom is -0.481 e. The van der Waals surface area contributed by atoms with Gasteiger partial charge in [-0.2, -0.15) is 5.10 Å². The van der Waals surface area contributed by atoms with E-state index < -0.39 is 16.0 Å². The molecule has 0 fully saturated rings. The number of nitrogens with one attached hydrogen (secondary N) is 1. The molecule has 1 aromatic heterocycles. The topological polar surface area (TPSA) is 101 Å². The highest BCUT2D eigenvalue weighted by Crippen LogP contribution is 2.11. The molecule has 0 saturated heterocycles. The Morgan fingerprint density at radius 3 is 2.69 bits per heavy atom. The van der Waals surface area contributed by atoms with Gasteiger partial charge in [-0.15, -0.1) is 0 Å². The lowest BCUT2D eigenvalue weighted by Crippen LogP contribution is -2.26. The molecule has 0 spiro atoms. The number of rotatable bonds is 5. The summed E-state index contributed by atoms with van der Waals surface area (Å²) in [7, 11) is -2.05. The van der Waals surface area contributed by atoms with E-state index in [2.05, 4.69) is 9.82 Å². The first-order valence-corrected chi connectivity index (χ1v) is 6.03. The van der Waals surface area contributed by atoms with E-state index in [4.69, 9.17) is 5.11 Å². The summed E-state index contributed by atoms with van der Waals surface area (Å²) in [6.45, 7) is 1.44. The number of aromatic nitrogens is 2. The maximum Gasteiger partial charge on any atom is 0.304 e. The molecule has 90 valence electrons. The third kappa shape index (κ3) is 3.04. The van der Waals surface area contributed by atoms with Gasteiger partial charge in [-0.25, -0.2) is 13.1 Å². The molecule has 0 aliphatic carbocycles. The van der Waals surface area contributed by atoms with Crippen LogP contribution in [0.25, 0.3) is 0 Å². The lowest BCUT2D eigenvalue weighted by molar-refractivity contribution is -0.136. The molecule has 1 aromatic rings. The molecule has 1 rings (SSSR count). The van der Waals surface area contributed by atoms with Crippen LogP contribution in [0.5, 0.6) is 0 Å². The molecule has 0 aliphatic heterocycles. The van der Waals surface area contributed by atoms with Crippen molar-refractivity contribution in [2.45, 2.75) is 18.2 Å². The average Bonchev–Trinajstić information content (AvgIpc) is 2.44. The minimum absolute atomic E-state index is 0.0698. The lowest BCUT2D eigenvalue weighted by atomic mass is 10.5. The first-order valence-electron chi connectivity index (χ1n) is 4.54. The van der Waals surface area contributed by atoms with Gasteiger partial charge in [0.25, 0.3) is 0 Å². The Labute approximate surface area is 93.1 Å². The van der Waals surface area contributed by atoms with Crippen molar-refractivity contribution in [1.29, 1.82) is 0 Å². The standard InChI is InChI=1S/C8H13N3O4S/c1-6-7(5-11(2)10-6)16(14,15)9-4-3-8(12)13/h5,9H,3-4H2,1-2H3,(H,12,13). The van der Waals surface area contributed by atoms with Crippen LogP contribution < -0.4 is 4.72 Å². The molecule has 0 aliphatic rings. The number of sulfonamides is 1. The van der Waals surface area contributed by atoms with E-state index in [1.165, 1.54) is 10.9 Å². The molecule has 0 atom stereocenters. The van der Waals surface area contributed by atoms with Gasteiger partial charge in [0.15, 0.2) is 0 Å². The predicted octanol–water partition coefficient (Wildman–Crippen LogP) is -0.518. The van der Waals surface area contributed by atoms with Gasteiger partial charge in [0, 0.05) is 19.8 Å².